The van der Waals surface area contributed by atoms with Gasteiger partial charge in [-0.15, -0.1) is 0 Å². The highest BCUT2D eigenvalue weighted by molar-refractivity contribution is 5.66. The van der Waals surface area contributed by atoms with Crippen LogP contribution in [-0.2, 0) is 4.79 Å². The highest BCUT2D eigenvalue weighted by Gasteiger charge is 2.08. The molecular weight excluding hydrogens is 154 g/mol. The molecule has 0 bridgehead atoms. The van der Waals surface area contributed by atoms with Gasteiger partial charge in [0.15, 0.2) is 0 Å². The van der Waals surface area contributed by atoms with Crippen molar-refractivity contribution in [3.63, 3.8) is 0 Å². The number of carboxylic acid groups (broad SMARTS) is 1. The Morgan fingerprint density at radius 1 is 1.42 bits per heavy atom. The Morgan fingerprint density at radius 2 is 2.00 bits per heavy atom. The van der Waals surface area contributed by atoms with E-state index in [0.29, 0.717) is 18.4 Å². The Balaban J connectivity index is 3.45. The Bertz CT molecular complexity index is 136. The number of aliphatic carboxylic acids is 1. The lowest BCUT2D eigenvalue weighted by Gasteiger charge is -2.14. The van der Waals surface area contributed by atoms with E-state index in [1.165, 1.54) is 0 Å². The molecule has 3 heteroatoms. The van der Waals surface area contributed by atoms with Crippen LogP contribution >= 0.6 is 0 Å². The molecule has 0 aromatic rings. The van der Waals surface area contributed by atoms with Crippen LogP contribution < -0.4 is 5.73 Å². The molecular formula is C9H19NO2. The van der Waals surface area contributed by atoms with Gasteiger partial charge in [-0.25, -0.2) is 0 Å². The number of carboxylic acids is 1. The fraction of sp³-hybridized carbons (Fsp3) is 0.889. The molecule has 0 saturated heterocycles. The molecule has 0 spiro atoms. The molecule has 0 aromatic heterocycles. The number of carbonyl (C=O) groups is 1. The molecule has 72 valence electrons. The van der Waals surface area contributed by atoms with E-state index < -0.39 is 5.97 Å². The number of nitrogens with two attached hydrogens (primary N) is 1. The van der Waals surface area contributed by atoms with Crippen LogP contribution in [0.1, 0.15) is 33.1 Å². The summed E-state index contributed by atoms with van der Waals surface area (Å²) in [5.41, 5.74) is 5.46. The smallest absolute Gasteiger partial charge is 0.303 e. The lowest BCUT2D eigenvalue weighted by molar-refractivity contribution is -0.137. The summed E-state index contributed by atoms with van der Waals surface area (Å²) >= 11 is 0. The van der Waals surface area contributed by atoms with Gasteiger partial charge in [0.05, 0.1) is 0 Å². The minimum Gasteiger partial charge on any atom is -0.481 e. The molecule has 0 aliphatic carbocycles. The van der Waals surface area contributed by atoms with E-state index in [4.69, 9.17) is 10.8 Å². The zero-order chi connectivity index (χ0) is 9.56. The molecule has 0 rings (SSSR count). The van der Waals surface area contributed by atoms with Gasteiger partial charge in [0.2, 0.25) is 0 Å². The SMILES string of the molecule is CC(CN)CC(C)CCC(=O)O. The Labute approximate surface area is 74.0 Å². The predicted octanol–water partition coefficient (Wildman–Crippen LogP) is 1.47. The summed E-state index contributed by atoms with van der Waals surface area (Å²) < 4.78 is 0. The standard InChI is InChI=1S/C9H19NO2/c1-7(3-4-9(11)12)5-8(2)6-10/h7-8H,3-6,10H2,1-2H3,(H,11,12). The molecule has 3 N–H and O–H groups in total. The van der Waals surface area contributed by atoms with Crippen molar-refractivity contribution >= 4 is 5.97 Å². The minimum absolute atomic E-state index is 0.276. The van der Waals surface area contributed by atoms with E-state index in [0.717, 1.165) is 12.8 Å². The van der Waals surface area contributed by atoms with Crippen LogP contribution in [0.15, 0.2) is 0 Å². The van der Waals surface area contributed by atoms with Gasteiger partial charge >= 0.3 is 5.97 Å². The second-order valence-electron chi connectivity index (χ2n) is 3.61. The molecule has 0 aromatic carbocycles. The van der Waals surface area contributed by atoms with Crippen LogP contribution in [0.5, 0.6) is 0 Å². The van der Waals surface area contributed by atoms with Crippen LogP contribution in [0.3, 0.4) is 0 Å². The summed E-state index contributed by atoms with van der Waals surface area (Å²) in [6, 6.07) is 0. The molecule has 2 atom stereocenters. The highest BCUT2D eigenvalue weighted by Crippen LogP contribution is 2.15. The normalized spacial score (nSPS) is 15.6. The molecule has 0 saturated carbocycles. The molecule has 0 radical (unpaired) electrons. The molecule has 0 fully saturated rings. The average molecular weight is 173 g/mol. The maximum Gasteiger partial charge on any atom is 0.303 e. The first-order valence-corrected chi connectivity index (χ1v) is 4.48. The monoisotopic (exact) mass is 173 g/mol. The van der Waals surface area contributed by atoms with Crippen molar-refractivity contribution in [1.82, 2.24) is 0 Å². The molecule has 0 heterocycles. The third-order valence-electron chi connectivity index (χ3n) is 2.06. The fourth-order valence-corrected chi connectivity index (χ4v) is 1.27. The van der Waals surface area contributed by atoms with Gasteiger partial charge in [0.25, 0.3) is 0 Å². The van der Waals surface area contributed by atoms with Gasteiger partial charge in [-0.05, 0) is 31.2 Å². The lowest BCUT2D eigenvalue weighted by atomic mass is 9.94. The van der Waals surface area contributed by atoms with Crippen LogP contribution in [0, 0.1) is 11.8 Å². The maximum atomic E-state index is 10.2. The molecule has 3 nitrogen and oxygen atoms in total. The molecule has 0 aliphatic rings. The number of hydrogen-bond acceptors (Lipinski definition) is 2. The topological polar surface area (TPSA) is 63.3 Å². The lowest BCUT2D eigenvalue weighted by Crippen LogP contribution is -2.14. The van der Waals surface area contributed by atoms with Crippen molar-refractivity contribution in [2.75, 3.05) is 6.54 Å². The minimum atomic E-state index is -0.706. The average Bonchev–Trinajstić information content (AvgIpc) is 2.00. The third-order valence-corrected chi connectivity index (χ3v) is 2.06. The van der Waals surface area contributed by atoms with Crippen LogP contribution in [0.25, 0.3) is 0 Å². The van der Waals surface area contributed by atoms with E-state index >= 15 is 0 Å². The first-order chi connectivity index (χ1) is 5.56. The highest BCUT2D eigenvalue weighted by atomic mass is 16.4. The van der Waals surface area contributed by atoms with Crippen molar-refractivity contribution in [1.29, 1.82) is 0 Å². The first-order valence-electron chi connectivity index (χ1n) is 4.48. The number of hydrogen-bond donors (Lipinski definition) is 2. The summed E-state index contributed by atoms with van der Waals surface area (Å²) in [6.45, 7) is 4.86. The fourth-order valence-electron chi connectivity index (χ4n) is 1.27. The second-order valence-corrected chi connectivity index (χ2v) is 3.61. The molecule has 12 heavy (non-hydrogen) atoms. The van der Waals surface area contributed by atoms with Crippen molar-refractivity contribution < 1.29 is 9.90 Å². The molecule has 2 unspecified atom stereocenters. The third kappa shape index (κ3) is 6.16. The van der Waals surface area contributed by atoms with Gasteiger partial charge in [0.1, 0.15) is 0 Å². The zero-order valence-corrected chi connectivity index (χ0v) is 7.92. The first kappa shape index (κ1) is 11.4. The molecule has 0 aliphatic heterocycles. The van der Waals surface area contributed by atoms with Crippen molar-refractivity contribution in [2.45, 2.75) is 33.1 Å². The second kappa shape index (κ2) is 6.00. The summed E-state index contributed by atoms with van der Waals surface area (Å²) in [5, 5.41) is 8.43. The van der Waals surface area contributed by atoms with Crippen molar-refractivity contribution in [2.24, 2.45) is 17.6 Å². The van der Waals surface area contributed by atoms with Gasteiger partial charge in [0, 0.05) is 6.42 Å². The molecule has 0 amide bonds. The Hall–Kier alpha value is -0.570. The van der Waals surface area contributed by atoms with E-state index in [1.54, 1.807) is 0 Å². The zero-order valence-electron chi connectivity index (χ0n) is 7.92. The Kier molecular flexibility index (Phi) is 5.72. The van der Waals surface area contributed by atoms with Crippen LogP contribution in [-0.4, -0.2) is 17.6 Å². The summed E-state index contributed by atoms with van der Waals surface area (Å²) in [4.78, 5) is 10.2. The number of rotatable bonds is 6. The van der Waals surface area contributed by atoms with Crippen LogP contribution in [0.2, 0.25) is 0 Å². The largest absolute Gasteiger partial charge is 0.481 e. The maximum absolute atomic E-state index is 10.2. The van der Waals surface area contributed by atoms with E-state index in [-0.39, 0.29) is 6.42 Å². The van der Waals surface area contributed by atoms with E-state index in [9.17, 15) is 4.79 Å². The van der Waals surface area contributed by atoms with E-state index in [2.05, 4.69) is 13.8 Å². The predicted molar refractivity (Wildman–Crippen MR) is 48.9 cm³/mol. The van der Waals surface area contributed by atoms with Gasteiger partial charge in [-0.1, -0.05) is 13.8 Å². The van der Waals surface area contributed by atoms with Crippen molar-refractivity contribution in [3.8, 4) is 0 Å². The van der Waals surface area contributed by atoms with Crippen LogP contribution in [0.4, 0.5) is 0 Å². The van der Waals surface area contributed by atoms with Gasteiger partial charge < -0.3 is 10.8 Å². The van der Waals surface area contributed by atoms with Gasteiger partial charge in [-0.2, -0.15) is 0 Å². The summed E-state index contributed by atoms with van der Waals surface area (Å²) in [5.74, 6) is 0.274. The summed E-state index contributed by atoms with van der Waals surface area (Å²) in [7, 11) is 0. The summed E-state index contributed by atoms with van der Waals surface area (Å²) in [6.07, 6.45) is 2.07. The van der Waals surface area contributed by atoms with Gasteiger partial charge in [-0.3, -0.25) is 4.79 Å². The quantitative estimate of drug-likeness (QED) is 0.639. The van der Waals surface area contributed by atoms with Crippen molar-refractivity contribution in [3.05, 3.63) is 0 Å². The Morgan fingerprint density at radius 3 is 2.42 bits per heavy atom. The van der Waals surface area contributed by atoms with E-state index in [1.807, 2.05) is 0 Å².